The van der Waals surface area contributed by atoms with E-state index in [0.29, 0.717) is 17.3 Å². The number of rotatable bonds is 9. The Hall–Kier alpha value is -2.45. The first-order valence-corrected chi connectivity index (χ1v) is 10.7. The Morgan fingerprint density at radius 2 is 2.10 bits per heavy atom. The molecule has 0 aliphatic carbocycles. The molecule has 6 nitrogen and oxygen atoms in total. The number of hydrogen-bond acceptors (Lipinski definition) is 5. The maximum absolute atomic E-state index is 13.9. The molecule has 2 unspecified atom stereocenters. The van der Waals surface area contributed by atoms with Gasteiger partial charge in [0.2, 0.25) is 5.91 Å². The lowest BCUT2D eigenvalue weighted by atomic mass is 10.1. The fourth-order valence-electron chi connectivity index (χ4n) is 3.60. The van der Waals surface area contributed by atoms with Crippen molar-refractivity contribution in [2.45, 2.75) is 57.8 Å². The maximum Gasteiger partial charge on any atom is 0.245 e. The molecule has 0 saturated heterocycles. The van der Waals surface area contributed by atoms with Crippen LogP contribution in [0.25, 0.3) is 0 Å². The molecule has 0 aromatic heterocycles. The van der Waals surface area contributed by atoms with Crippen LogP contribution in [0.5, 0.6) is 0 Å². The van der Waals surface area contributed by atoms with Crippen LogP contribution in [0.15, 0.2) is 46.3 Å². The van der Waals surface area contributed by atoms with Gasteiger partial charge in [0.05, 0.1) is 29.3 Å². The van der Waals surface area contributed by atoms with Gasteiger partial charge in [-0.25, -0.2) is 8.78 Å². The molecule has 0 saturated carbocycles. The van der Waals surface area contributed by atoms with Crippen molar-refractivity contribution in [3.8, 4) is 0 Å². The summed E-state index contributed by atoms with van der Waals surface area (Å²) in [5.41, 5.74) is -0.205. The number of carbonyl (C=O) groups excluding carboxylic acids is 1. The minimum Gasteiger partial charge on any atom is -0.485 e. The van der Waals surface area contributed by atoms with Crippen molar-refractivity contribution in [3.05, 3.63) is 58.5 Å². The van der Waals surface area contributed by atoms with E-state index < -0.39 is 23.7 Å². The Bertz CT molecular complexity index is 899. The molecule has 0 spiro atoms. The standard InChI is InChI=1S/C22H26ClF2N3O3/c1-3-4-6-15(11-29)27-22(30)20-13(2)26-21-19(9-14(23)10-28(20)21)31-12-16-17(24)7-5-8-18(16)25/h5,7-10,13,15,20,29H,3-4,6,11-12H2,1-2H3,(H,27,30)/t13?,15-,20?/m1/s1. The number of benzene rings is 1. The summed E-state index contributed by atoms with van der Waals surface area (Å²) in [6, 6.07) is 2.14. The van der Waals surface area contributed by atoms with E-state index in [1.807, 2.05) is 6.92 Å². The van der Waals surface area contributed by atoms with Crippen LogP contribution in [0.1, 0.15) is 38.7 Å². The first kappa shape index (κ1) is 23.2. The van der Waals surface area contributed by atoms with Crippen LogP contribution in [0.3, 0.4) is 0 Å². The number of aliphatic imine (C=N–C) groups is 1. The lowest BCUT2D eigenvalue weighted by molar-refractivity contribution is -0.125. The zero-order valence-corrected chi connectivity index (χ0v) is 18.2. The second-order valence-corrected chi connectivity index (χ2v) is 8.02. The molecule has 3 atom stereocenters. The summed E-state index contributed by atoms with van der Waals surface area (Å²) in [6.45, 7) is 3.32. The Balaban J connectivity index is 1.74. The number of nitrogens with one attached hydrogen (secondary N) is 1. The molecule has 31 heavy (non-hydrogen) atoms. The van der Waals surface area contributed by atoms with Gasteiger partial charge in [0.15, 0.2) is 11.6 Å². The summed E-state index contributed by atoms with van der Waals surface area (Å²) in [4.78, 5) is 19.1. The molecule has 1 aromatic rings. The van der Waals surface area contributed by atoms with Gasteiger partial charge in [-0.15, -0.1) is 0 Å². The van der Waals surface area contributed by atoms with E-state index in [1.165, 1.54) is 12.1 Å². The Morgan fingerprint density at radius 1 is 1.39 bits per heavy atom. The molecule has 3 rings (SSSR count). The molecule has 2 aliphatic rings. The number of aliphatic hydroxyl groups is 1. The maximum atomic E-state index is 13.9. The normalized spacial score (nSPS) is 21.1. The minimum atomic E-state index is -0.712. The molecule has 9 heteroatoms. The third-order valence-electron chi connectivity index (χ3n) is 5.25. The van der Waals surface area contributed by atoms with Gasteiger partial charge in [0.1, 0.15) is 24.3 Å². The second-order valence-electron chi connectivity index (χ2n) is 7.59. The van der Waals surface area contributed by atoms with Crippen LogP contribution in [0, 0.1) is 11.6 Å². The number of unbranched alkanes of at least 4 members (excludes halogenated alkanes) is 1. The summed E-state index contributed by atoms with van der Waals surface area (Å²) in [5, 5.41) is 12.7. The van der Waals surface area contributed by atoms with Crippen molar-refractivity contribution < 1.29 is 23.4 Å². The zero-order chi connectivity index (χ0) is 22.5. The average molecular weight is 454 g/mol. The summed E-state index contributed by atoms with van der Waals surface area (Å²) >= 11 is 6.23. The highest BCUT2D eigenvalue weighted by Gasteiger charge is 2.41. The number of amidine groups is 1. The lowest BCUT2D eigenvalue weighted by Gasteiger charge is -2.30. The van der Waals surface area contributed by atoms with E-state index in [0.717, 1.165) is 25.0 Å². The van der Waals surface area contributed by atoms with Crippen LogP contribution in [0.2, 0.25) is 0 Å². The van der Waals surface area contributed by atoms with Gasteiger partial charge in [-0.2, -0.15) is 0 Å². The smallest absolute Gasteiger partial charge is 0.245 e. The van der Waals surface area contributed by atoms with Crippen LogP contribution < -0.4 is 5.32 Å². The van der Waals surface area contributed by atoms with Gasteiger partial charge in [-0.1, -0.05) is 37.4 Å². The summed E-state index contributed by atoms with van der Waals surface area (Å²) in [6.07, 6.45) is 5.59. The zero-order valence-electron chi connectivity index (χ0n) is 17.4. The monoisotopic (exact) mass is 453 g/mol. The summed E-state index contributed by atoms with van der Waals surface area (Å²) in [5.74, 6) is -1.12. The lowest BCUT2D eigenvalue weighted by Crippen LogP contribution is -2.51. The molecular weight excluding hydrogens is 428 g/mol. The summed E-state index contributed by atoms with van der Waals surface area (Å²) in [7, 11) is 0. The van der Waals surface area contributed by atoms with Gasteiger partial charge in [0, 0.05) is 12.3 Å². The van der Waals surface area contributed by atoms with E-state index >= 15 is 0 Å². The largest absolute Gasteiger partial charge is 0.485 e. The Kier molecular flexibility index (Phi) is 7.67. The first-order chi connectivity index (χ1) is 14.8. The number of fused-ring (bicyclic) bond motifs is 1. The van der Waals surface area contributed by atoms with Crippen molar-refractivity contribution in [2.75, 3.05) is 6.61 Å². The molecule has 2 N–H and O–H groups in total. The molecule has 168 valence electrons. The van der Waals surface area contributed by atoms with E-state index in [9.17, 15) is 18.7 Å². The molecule has 1 amide bonds. The molecule has 1 aromatic carbocycles. The van der Waals surface area contributed by atoms with Gasteiger partial charge >= 0.3 is 0 Å². The highest BCUT2D eigenvalue weighted by atomic mass is 35.5. The number of nitrogens with zero attached hydrogens (tertiary/aromatic N) is 2. The molecule has 0 radical (unpaired) electrons. The van der Waals surface area contributed by atoms with Crippen LogP contribution in [-0.2, 0) is 16.1 Å². The van der Waals surface area contributed by atoms with Gasteiger partial charge in [-0.05, 0) is 25.5 Å². The quantitative estimate of drug-likeness (QED) is 0.599. The predicted octanol–water partition coefficient (Wildman–Crippen LogP) is 3.60. The Labute approximate surface area is 185 Å². The van der Waals surface area contributed by atoms with Gasteiger partial charge in [-0.3, -0.25) is 9.79 Å². The number of aliphatic hydroxyl groups excluding tert-OH is 1. The topological polar surface area (TPSA) is 74.2 Å². The SMILES string of the molecule is CCCC[C@H](CO)NC(=O)C1C(C)N=C2C(OCc3c(F)cccc3F)=CC(Cl)=CN21. The van der Waals surface area contributed by atoms with Crippen molar-refractivity contribution in [2.24, 2.45) is 4.99 Å². The van der Waals surface area contributed by atoms with Crippen LogP contribution in [0.4, 0.5) is 8.78 Å². The van der Waals surface area contributed by atoms with Crippen LogP contribution in [-0.4, -0.2) is 46.5 Å². The second kappa shape index (κ2) is 10.2. The van der Waals surface area contributed by atoms with Crippen molar-refractivity contribution in [1.29, 1.82) is 0 Å². The van der Waals surface area contributed by atoms with E-state index in [4.69, 9.17) is 16.3 Å². The van der Waals surface area contributed by atoms with Crippen molar-refractivity contribution in [3.63, 3.8) is 0 Å². The molecular formula is C22H26ClF2N3O3. The first-order valence-electron chi connectivity index (χ1n) is 10.3. The fourth-order valence-corrected chi connectivity index (χ4v) is 3.81. The van der Waals surface area contributed by atoms with Gasteiger partial charge in [0.25, 0.3) is 0 Å². The summed E-state index contributed by atoms with van der Waals surface area (Å²) < 4.78 is 33.5. The highest BCUT2D eigenvalue weighted by molar-refractivity contribution is 6.32. The van der Waals surface area contributed by atoms with Crippen LogP contribution >= 0.6 is 11.6 Å². The number of ether oxygens (including phenoxy) is 1. The number of halogens is 3. The third kappa shape index (κ3) is 5.25. The predicted molar refractivity (Wildman–Crippen MR) is 114 cm³/mol. The third-order valence-corrected chi connectivity index (χ3v) is 5.46. The number of hydrogen-bond donors (Lipinski definition) is 2. The minimum absolute atomic E-state index is 0.153. The number of carbonyl (C=O) groups is 1. The van der Waals surface area contributed by atoms with E-state index in [-0.39, 0.29) is 36.5 Å². The van der Waals surface area contributed by atoms with E-state index in [1.54, 1.807) is 18.0 Å². The molecule has 0 bridgehead atoms. The molecule has 2 aliphatic heterocycles. The highest BCUT2D eigenvalue weighted by Crippen LogP contribution is 2.30. The van der Waals surface area contributed by atoms with Gasteiger partial charge < -0.3 is 20.1 Å². The fraction of sp³-hybridized carbons (Fsp3) is 0.455. The van der Waals surface area contributed by atoms with E-state index in [2.05, 4.69) is 10.3 Å². The number of allylic oxidation sites excluding steroid dienone is 2. The molecule has 2 heterocycles. The van der Waals surface area contributed by atoms with Crippen molar-refractivity contribution >= 4 is 23.3 Å². The molecule has 0 fully saturated rings. The average Bonchev–Trinajstić information content (AvgIpc) is 3.06. The Morgan fingerprint density at radius 3 is 2.74 bits per heavy atom. The number of amides is 1. The van der Waals surface area contributed by atoms with Crippen molar-refractivity contribution in [1.82, 2.24) is 10.2 Å².